The van der Waals surface area contributed by atoms with Gasteiger partial charge in [0.1, 0.15) is 19.6 Å². The second-order valence-corrected chi connectivity index (χ2v) is 12.9. The molecule has 3 heteroatoms. The van der Waals surface area contributed by atoms with Gasteiger partial charge in [0.15, 0.2) is 0 Å². The third kappa shape index (κ3) is 3.09. The largest absolute Gasteiger partial charge is 0.497 e. The van der Waals surface area contributed by atoms with Gasteiger partial charge in [0.25, 0.3) is 0 Å². The van der Waals surface area contributed by atoms with Crippen molar-refractivity contribution in [1.82, 2.24) is 0 Å². The molecule has 0 heterocycles. The number of fused-ring (bicyclic) bond motifs is 1. The van der Waals surface area contributed by atoms with Gasteiger partial charge in [0, 0.05) is 5.56 Å². The first kappa shape index (κ1) is 18.8. The van der Waals surface area contributed by atoms with Gasteiger partial charge >= 0.3 is 0 Å². The zero-order chi connectivity index (χ0) is 19.1. The lowest BCUT2D eigenvalue weighted by Crippen LogP contribution is -2.54. The Balaban J connectivity index is 2.28. The van der Waals surface area contributed by atoms with Gasteiger partial charge < -0.3 is 9.47 Å². The fourth-order valence-corrected chi connectivity index (χ4v) is 6.97. The number of ether oxygens (including phenoxy) is 2. The van der Waals surface area contributed by atoms with Crippen molar-refractivity contribution in [3.8, 4) is 11.5 Å². The summed E-state index contributed by atoms with van der Waals surface area (Å²) in [4.78, 5) is 0. The quantitative estimate of drug-likeness (QED) is 0.747. The second-order valence-electron chi connectivity index (χ2n) is 8.62. The third-order valence-electron chi connectivity index (χ3n) is 5.48. The minimum atomic E-state index is -1.99. The SMILES string of the molecule is COc1cc(C(C)(C)C)c(OC)c([Si](C)(C)c2cccc3c2C=CC3)c1. The van der Waals surface area contributed by atoms with Crippen LogP contribution >= 0.6 is 0 Å². The van der Waals surface area contributed by atoms with Crippen molar-refractivity contribution in [2.75, 3.05) is 14.2 Å². The van der Waals surface area contributed by atoms with E-state index in [1.54, 1.807) is 14.2 Å². The van der Waals surface area contributed by atoms with Gasteiger partial charge in [-0.25, -0.2) is 0 Å². The van der Waals surface area contributed by atoms with Crippen molar-refractivity contribution in [2.45, 2.75) is 45.7 Å². The molecule has 26 heavy (non-hydrogen) atoms. The molecule has 2 aromatic carbocycles. The zero-order valence-electron chi connectivity index (χ0n) is 17.1. The van der Waals surface area contributed by atoms with Crippen LogP contribution in [0.3, 0.4) is 0 Å². The monoisotopic (exact) mass is 366 g/mol. The maximum Gasteiger partial charge on any atom is 0.122 e. The topological polar surface area (TPSA) is 18.5 Å². The van der Waals surface area contributed by atoms with Crippen LogP contribution in [0.1, 0.15) is 37.5 Å². The van der Waals surface area contributed by atoms with Gasteiger partial charge in [-0.05, 0) is 45.5 Å². The van der Waals surface area contributed by atoms with E-state index in [0.717, 1.165) is 17.9 Å². The van der Waals surface area contributed by atoms with Crippen LogP contribution in [0.5, 0.6) is 11.5 Å². The molecular weight excluding hydrogens is 336 g/mol. The summed E-state index contributed by atoms with van der Waals surface area (Å²) >= 11 is 0. The van der Waals surface area contributed by atoms with Crippen molar-refractivity contribution in [1.29, 1.82) is 0 Å². The Bertz CT molecular complexity index is 857. The molecule has 0 radical (unpaired) electrons. The molecule has 0 aromatic heterocycles. The van der Waals surface area contributed by atoms with Crippen LogP contribution < -0.4 is 19.8 Å². The molecule has 0 saturated heterocycles. The maximum absolute atomic E-state index is 5.99. The van der Waals surface area contributed by atoms with Crippen molar-refractivity contribution >= 4 is 24.5 Å². The first-order valence-corrected chi connectivity index (χ1v) is 12.3. The number of hydrogen-bond donors (Lipinski definition) is 0. The normalized spacial score (nSPS) is 13.7. The molecule has 0 N–H and O–H groups in total. The molecule has 1 aliphatic carbocycles. The number of rotatable bonds is 4. The van der Waals surface area contributed by atoms with Gasteiger partial charge in [-0.1, -0.05) is 64.2 Å². The molecule has 0 bridgehead atoms. The summed E-state index contributed by atoms with van der Waals surface area (Å²) in [5.74, 6) is 1.93. The smallest absolute Gasteiger partial charge is 0.122 e. The van der Waals surface area contributed by atoms with E-state index in [2.05, 4.69) is 76.3 Å². The summed E-state index contributed by atoms with van der Waals surface area (Å²) in [6.45, 7) is 11.5. The van der Waals surface area contributed by atoms with E-state index >= 15 is 0 Å². The molecule has 138 valence electrons. The molecule has 0 unspecified atom stereocenters. The Morgan fingerprint density at radius 1 is 0.962 bits per heavy atom. The molecule has 0 amide bonds. The summed E-state index contributed by atoms with van der Waals surface area (Å²) in [5, 5.41) is 2.77. The number of benzene rings is 2. The third-order valence-corrected chi connectivity index (χ3v) is 8.98. The second kappa shape index (κ2) is 6.62. The van der Waals surface area contributed by atoms with Crippen LogP contribution in [-0.4, -0.2) is 22.3 Å². The van der Waals surface area contributed by atoms with E-state index in [4.69, 9.17) is 9.47 Å². The standard InChI is InChI=1S/C23H30O2Si/c1-23(2,3)19-14-17(24-4)15-21(22(19)25-5)26(6,7)20-13-9-11-16-10-8-12-18(16)20/h8-9,11-15H,10H2,1-7H3. The summed E-state index contributed by atoms with van der Waals surface area (Å²) in [7, 11) is 1.55. The molecule has 2 nitrogen and oxygen atoms in total. The van der Waals surface area contributed by atoms with Gasteiger partial charge in [0.2, 0.25) is 0 Å². The van der Waals surface area contributed by atoms with Crippen LogP contribution in [0.2, 0.25) is 13.1 Å². The fraction of sp³-hybridized carbons (Fsp3) is 0.391. The molecule has 2 aromatic rings. The van der Waals surface area contributed by atoms with Crippen molar-refractivity contribution in [3.05, 3.63) is 53.1 Å². The first-order valence-electron chi connectivity index (χ1n) is 9.26. The van der Waals surface area contributed by atoms with Crippen LogP contribution in [0.4, 0.5) is 0 Å². The Kier molecular flexibility index (Phi) is 4.78. The van der Waals surface area contributed by atoms with E-state index in [0.29, 0.717) is 0 Å². The lowest BCUT2D eigenvalue weighted by atomic mass is 9.86. The number of allylic oxidation sites excluding steroid dienone is 1. The van der Waals surface area contributed by atoms with Crippen molar-refractivity contribution in [3.63, 3.8) is 0 Å². The first-order chi connectivity index (χ1) is 12.2. The lowest BCUT2D eigenvalue weighted by molar-refractivity contribution is 0.391. The van der Waals surface area contributed by atoms with Crippen LogP contribution in [0.15, 0.2) is 36.4 Å². The molecule has 0 aliphatic heterocycles. The zero-order valence-corrected chi connectivity index (χ0v) is 18.1. The lowest BCUT2D eigenvalue weighted by Gasteiger charge is -2.32. The van der Waals surface area contributed by atoms with E-state index in [1.807, 2.05) is 0 Å². The summed E-state index contributed by atoms with van der Waals surface area (Å²) in [6.07, 6.45) is 5.59. The van der Waals surface area contributed by atoms with Crippen LogP contribution in [-0.2, 0) is 11.8 Å². The van der Waals surface area contributed by atoms with Gasteiger partial charge in [-0.3, -0.25) is 0 Å². The summed E-state index contributed by atoms with van der Waals surface area (Å²) in [5.41, 5.74) is 4.03. The van der Waals surface area contributed by atoms with Gasteiger partial charge in [-0.2, -0.15) is 0 Å². The Morgan fingerprint density at radius 2 is 1.69 bits per heavy atom. The molecule has 0 saturated carbocycles. The van der Waals surface area contributed by atoms with E-state index in [1.165, 1.54) is 27.1 Å². The molecule has 3 rings (SSSR count). The predicted octanol–water partition coefficient (Wildman–Crippen LogP) is 4.39. The highest BCUT2D eigenvalue weighted by Crippen LogP contribution is 2.35. The highest BCUT2D eigenvalue weighted by molar-refractivity contribution is 7.01. The summed E-state index contributed by atoms with van der Waals surface area (Å²) < 4.78 is 11.7. The predicted molar refractivity (Wildman–Crippen MR) is 114 cm³/mol. The minimum Gasteiger partial charge on any atom is -0.497 e. The molecular formula is C23H30O2Si. The number of hydrogen-bond acceptors (Lipinski definition) is 2. The van der Waals surface area contributed by atoms with E-state index < -0.39 is 8.07 Å². The number of methoxy groups -OCH3 is 2. The average molecular weight is 367 g/mol. The molecule has 0 spiro atoms. The summed E-state index contributed by atoms with van der Waals surface area (Å²) in [6, 6.07) is 11.1. The van der Waals surface area contributed by atoms with Crippen molar-refractivity contribution in [2.24, 2.45) is 0 Å². The van der Waals surface area contributed by atoms with Crippen LogP contribution in [0, 0.1) is 0 Å². The molecule has 0 fully saturated rings. The molecule has 0 atom stereocenters. The highest BCUT2D eigenvalue weighted by Gasteiger charge is 2.35. The molecule has 1 aliphatic rings. The van der Waals surface area contributed by atoms with Crippen molar-refractivity contribution < 1.29 is 9.47 Å². The minimum absolute atomic E-state index is 0.0162. The Labute approximate surface area is 158 Å². The average Bonchev–Trinajstić information content (AvgIpc) is 3.08. The highest BCUT2D eigenvalue weighted by atomic mass is 28.3. The van der Waals surface area contributed by atoms with Gasteiger partial charge in [-0.15, -0.1) is 0 Å². The van der Waals surface area contributed by atoms with E-state index in [-0.39, 0.29) is 5.41 Å². The fourth-order valence-electron chi connectivity index (χ4n) is 3.94. The van der Waals surface area contributed by atoms with E-state index in [9.17, 15) is 0 Å². The van der Waals surface area contributed by atoms with Gasteiger partial charge in [0.05, 0.1) is 14.2 Å². The maximum atomic E-state index is 5.99. The Morgan fingerprint density at radius 3 is 2.31 bits per heavy atom. The van der Waals surface area contributed by atoms with Crippen LogP contribution in [0.25, 0.3) is 6.08 Å². The Hall–Kier alpha value is -2.00.